The number of nitrogens with zero attached hydrogens (tertiary/aromatic N) is 1. The van der Waals surface area contributed by atoms with E-state index in [4.69, 9.17) is 10.5 Å². The third-order valence-electron chi connectivity index (χ3n) is 3.82. The zero-order valence-corrected chi connectivity index (χ0v) is 12.9. The quantitative estimate of drug-likeness (QED) is 0.905. The van der Waals surface area contributed by atoms with Crippen molar-refractivity contribution in [2.45, 2.75) is 45.1 Å². The van der Waals surface area contributed by atoms with Crippen molar-refractivity contribution in [3.05, 3.63) is 29.8 Å². The summed E-state index contributed by atoms with van der Waals surface area (Å²) >= 11 is 0. The molecule has 1 amide bonds. The minimum atomic E-state index is 0.0797. The van der Waals surface area contributed by atoms with Gasteiger partial charge in [-0.05, 0) is 37.8 Å². The molecule has 1 aliphatic heterocycles. The van der Waals surface area contributed by atoms with Crippen LogP contribution < -0.4 is 10.5 Å². The second-order valence-corrected chi connectivity index (χ2v) is 5.87. The molecule has 4 heteroatoms. The maximum absolute atomic E-state index is 12.2. The molecule has 2 N–H and O–H groups in total. The molecule has 1 fully saturated rings. The van der Waals surface area contributed by atoms with Crippen molar-refractivity contribution in [2.75, 3.05) is 19.7 Å². The van der Waals surface area contributed by atoms with E-state index in [1.807, 2.05) is 36.1 Å². The maximum Gasteiger partial charge on any atom is 0.260 e. The van der Waals surface area contributed by atoms with Gasteiger partial charge in [0.05, 0.1) is 0 Å². The molecule has 116 valence electrons. The normalized spacial score (nSPS) is 17.1. The fourth-order valence-corrected chi connectivity index (χ4v) is 2.71. The Hall–Kier alpha value is -1.55. The zero-order chi connectivity index (χ0) is 15.1. The van der Waals surface area contributed by atoms with Crippen molar-refractivity contribution >= 4 is 5.91 Å². The van der Waals surface area contributed by atoms with Gasteiger partial charge in [0, 0.05) is 19.1 Å². The molecule has 1 aromatic carbocycles. The van der Waals surface area contributed by atoms with E-state index in [2.05, 4.69) is 0 Å². The highest BCUT2D eigenvalue weighted by molar-refractivity contribution is 5.77. The van der Waals surface area contributed by atoms with Crippen molar-refractivity contribution < 1.29 is 9.53 Å². The van der Waals surface area contributed by atoms with Crippen LogP contribution >= 0.6 is 0 Å². The first-order chi connectivity index (χ1) is 10.2. The van der Waals surface area contributed by atoms with E-state index in [1.54, 1.807) is 0 Å². The molecule has 0 radical (unpaired) electrons. The van der Waals surface area contributed by atoms with Gasteiger partial charge in [0.2, 0.25) is 0 Å². The highest BCUT2D eigenvalue weighted by Gasteiger charge is 2.16. The number of nitrogens with two attached hydrogens (primary N) is 1. The molecule has 4 nitrogen and oxygen atoms in total. The summed E-state index contributed by atoms with van der Waals surface area (Å²) in [7, 11) is 0. The Kier molecular flexibility index (Phi) is 6.05. The van der Waals surface area contributed by atoms with Crippen molar-refractivity contribution in [3.8, 4) is 5.75 Å². The predicted octanol–water partition coefficient (Wildman–Crippen LogP) is 2.36. The number of amides is 1. The fourth-order valence-electron chi connectivity index (χ4n) is 2.71. The third-order valence-corrected chi connectivity index (χ3v) is 3.82. The minimum Gasteiger partial charge on any atom is -0.483 e. The van der Waals surface area contributed by atoms with Gasteiger partial charge >= 0.3 is 0 Å². The van der Waals surface area contributed by atoms with E-state index in [-0.39, 0.29) is 18.6 Å². The largest absolute Gasteiger partial charge is 0.483 e. The molecule has 2 rings (SSSR count). The minimum absolute atomic E-state index is 0.0797. The number of ether oxygens (including phenoxy) is 1. The van der Waals surface area contributed by atoms with E-state index in [0.29, 0.717) is 0 Å². The van der Waals surface area contributed by atoms with E-state index < -0.39 is 0 Å². The van der Waals surface area contributed by atoms with Crippen LogP contribution in [0.1, 0.15) is 38.2 Å². The number of benzene rings is 1. The van der Waals surface area contributed by atoms with Crippen LogP contribution in [0.4, 0.5) is 0 Å². The Bertz CT molecular complexity index is 452. The molecule has 0 spiro atoms. The summed E-state index contributed by atoms with van der Waals surface area (Å²) in [6.45, 7) is 3.82. The number of likely N-dealkylation sites (tertiary alicyclic amines) is 1. The number of carbonyl (C=O) groups is 1. The van der Waals surface area contributed by atoms with Crippen molar-refractivity contribution in [3.63, 3.8) is 0 Å². The van der Waals surface area contributed by atoms with Crippen LogP contribution in [0.5, 0.6) is 5.75 Å². The van der Waals surface area contributed by atoms with Gasteiger partial charge in [-0.2, -0.15) is 0 Å². The molecule has 0 aliphatic carbocycles. The van der Waals surface area contributed by atoms with Crippen molar-refractivity contribution in [2.24, 2.45) is 5.73 Å². The first-order valence-electron chi connectivity index (χ1n) is 7.91. The Morgan fingerprint density at radius 2 is 1.90 bits per heavy atom. The second-order valence-electron chi connectivity index (χ2n) is 5.87. The first kappa shape index (κ1) is 15.8. The Morgan fingerprint density at radius 1 is 1.24 bits per heavy atom. The van der Waals surface area contributed by atoms with E-state index in [0.717, 1.165) is 43.7 Å². The number of para-hydroxylation sites is 1. The van der Waals surface area contributed by atoms with Crippen molar-refractivity contribution in [1.29, 1.82) is 0 Å². The zero-order valence-electron chi connectivity index (χ0n) is 12.9. The summed E-state index contributed by atoms with van der Waals surface area (Å²) in [4.78, 5) is 14.2. The monoisotopic (exact) mass is 290 g/mol. The molecular weight excluding hydrogens is 264 g/mol. The molecule has 1 heterocycles. The average Bonchev–Trinajstić information content (AvgIpc) is 2.74. The van der Waals surface area contributed by atoms with Crippen LogP contribution in [-0.2, 0) is 11.2 Å². The summed E-state index contributed by atoms with van der Waals surface area (Å²) in [6.07, 6.45) is 5.41. The lowest BCUT2D eigenvalue weighted by Gasteiger charge is -2.21. The first-order valence-corrected chi connectivity index (χ1v) is 7.91. The van der Waals surface area contributed by atoms with Gasteiger partial charge in [0.1, 0.15) is 5.75 Å². The SMILES string of the molecule is CC(N)Cc1ccccc1OCC(=O)N1CCCCCC1. The molecule has 0 bridgehead atoms. The second kappa shape index (κ2) is 8.03. The fraction of sp³-hybridized carbons (Fsp3) is 0.588. The molecule has 21 heavy (non-hydrogen) atoms. The molecule has 1 aliphatic rings. The molecule has 0 saturated carbocycles. The van der Waals surface area contributed by atoms with E-state index in [9.17, 15) is 4.79 Å². The van der Waals surface area contributed by atoms with Gasteiger partial charge in [-0.15, -0.1) is 0 Å². The summed E-state index contributed by atoms with van der Waals surface area (Å²) in [6, 6.07) is 7.90. The Balaban J connectivity index is 1.91. The topological polar surface area (TPSA) is 55.6 Å². The van der Waals surface area contributed by atoms with Crippen molar-refractivity contribution in [1.82, 2.24) is 4.90 Å². The summed E-state index contributed by atoms with van der Waals surface area (Å²) in [5, 5.41) is 0. The van der Waals surface area contributed by atoms with E-state index >= 15 is 0 Å². The predicted molar refractivity (Wildman–Crippen MR) is 84.3 cm³/mol. The molecule has 0 aromatic heterocycles. The average molecular weight is 290 g/mol. The van der Waals surface area contributed by atoms with Crippen LogP contribution in [0.2, 0.25) is 0 Å². The Labute approximate surface area is 127 Å². The standard InChI is InChI=1S/C17H26N2O2/c1-14(18)12-15-8-4-5-9-16(15)21-13-17(20)19-10-6-2-3-7-11-19/h4-5,8-9,14H,2-3,6-7,10-13,18H2,1H3. The van der Waals surface area contributed by atoms with Gasteiger partial charge < -0.3 is 15.4 Å². The highest BCUT2D eigenvalue weighted by Crippen LogP contribution is 2.19. The van der Waals surface area contributed by atoms with Crippen LogP contribution in [-0.4, -0.2) is 36.5 Å². The van der Waals surface area contributed by atoms with Gasteiger partial charge in [0.25, 0.3) is 5.91 Å². The lowest BCUT2D eigenvalue weighted by molar-refractivity contribution is -0.133. The summed E-state index contributed by atoms with van der Waals surface area (Å²) in [5.74, 6) is 0.866. The van der Waals surface area contributed by atoms with Gasteiger partial charge in [-0.3, -0.25) is 4.79 Å². The maximum atomic E-state index is 12.2. The Morgan fingerprint density at radius 3 is 2.57 bits per heavy atom. The molecule has 1 unspecified atom stereocenters. The van der Waals surface area contributed by atoms with Crippen LogP contribution in [0.15, 0.2) is 24.3 Å². The number of carbonyl (C=O) groups excluding carboxylic acids is 1. The highest BCUT2D eigenvalue weighted by atomic mass is 16.5. The van der Waals surface area contributed by atoms with Gasteiger partial charge in [0.15, 0.2) is 6.61 Å². The van der Waals surface area contributed by atoms with Crippen LogP contribution in [0, 0.1) is 0 Å². The number of hydrogen-bond donors (Lipinski definition) is 1. The smallest absolute Gasteiger partial charge is 0.260 e. The van der Waals surface area contributed by atoms with Crippen LogP contribution in [0.3, 0.4) is 0 Å². The third kappa shape index (κ3) is 5.05. The van der Waals surface area contributed by atoms with Gasteiger partial charge in [-0.25, -0.2) is 0 Å². The van der Waals surface area contributed by atoms with E-state index in [1.165, 1.54) is 12.8 Å². The van der Waals surface area contributed by atoms with Gasteiger partial charge in [-0.1, -0.05) is 31.0 Å². The molecule has 1 saturated heterocycles. The molecule has 1 aromatic rings. The lowest BCUT2D eigenvalue weighted by Crippen LogP contribution is -2.35. The molecular formula is C17H26N2O2. The lowest BCUT2D eigenvalue weighted by atomic mass is 10.1. The van der Waals surface area contributed by atoms with Crippen LogP contribution in [0.25, 0.3) is 0 Å². The summed E-state index contributed by atoms with van der Waals surface area (Å²) < 4.78 is 5.75. The number of rotatable bonds is 5. The molecule has 1 atom stereocenters. The number of hydrogen-bond acceptors (Lipinski definition) is 3. The summed E-state index contributed by atoms with van der Waals surface area (Å²) in [5.41, 5.74) is 6.92.